The maximum absolute atomic E-state index is 10.3. The molecule has 0 spiro atoms. The van der Waals surface area contributed by atoms with Crippen molar-refractivity contribution in [2.24, 2.45) is 0 Å². The highest BCUT2D eigenvalue weighted by Crippen LogP contribution is 2.20. The number of carboxylic acid groups (broad SMARTS) is 1. The van der Waals surface area contributed by atoms with Gasteiger partial charge in [-0.05, 0) is 37.1 Å². The van der Waals surface area contributed by atoms with Crippen LogP contribution in [0.4, 0.5) is 0 Å². The van der Waals surface area contributed by atoms with E-state index in [9.17, 15) is 9.90 Å². The van der Waals surface area contributed by atoms with Gasteiger partial charge in [-0.3, -0.25) is 0 Å². The summed E-state index contributed by atoms with van der Waals surface area (Å²) in [5.41, 5.74) is 0.815. The summed E-state index contributed by atoms with van der Waals surface area (Å²) < 4.78 is 10.1. The van der Waals surface area contributed by atoms with Crippen LogP contribution >= 0.6 is 0 Å². The monoisotopic (exact) mass is 261 g/mol. The maximum Gasteiger partial charge on any atom is 0.226 e. The minimum atomic E-state index is -1.07. The Bertz CT molecular complexity index is 548. The number of hydrogen-bond acceptors (Lipinski definition) is 6. The fourth-order valence-corrected chi connectivity index (χ4v) is 1.60. The summed E-state index contributed by atoms with van der Waals surface area (Å²) in [6.45, 7) is 0. The van der Waals surface area contributed by atoms with E-state index >= 15 is 0 Å². The molecule has 6 heteroatoms. The lowest BCUT2D eigenvalue weighted by atomic mass is 10.2. The first kappa shape index (κ1) is 13.1. The molecule has 0 aliphatic rings. The Morgan fingerprint density at radius 2 is 2.11 bits per heavy atom. The number of carbonyl (C=O) groups is 1. The van der Waals surface area contributed by atoms with Crippen molar-refractivity contribution in [3.8, 4) is 17.1 Å². The van der Waals surface area contributed by atoms with E-state index in [1.807, 2.05) is 24.3 Å². The summed E-state index contributed by atoms with van der Waals surface area (Å²) in [5, 5.41) is 14.1. The standard InChI is InChI=1S/C13H14N2O4/c1-18-10-7-5-9(6-8-10)13-14-11(19-15-13)3-2-4-12(16)17/h5-8H,2-4H2,1H3,(H,16,17)/p-1. The lowest BCUT2D eigenvalue weighted by Crippen LogP contribution is -2.21. The van der Waals surface area contributed by atoms with Gasteiger partial charge in [-0.2, -0.15) is 4.98 Å². The molecule has 19 heavy (non-hydrogen) atoms. The molecule has 1 aromatic heterocycles. The van der Waals surface area contributed by atoms with Crippen molar-refractivity contribution >= 4 is 5.97 Å². The van der Waals surface area contributed by atoms with Gasteiger partial charge in [-0.15, -0.1) is 0 Å². The van der Waals surface area contributed by atoms with E-state index in [2.05, 4.69) is 10.1 Å². The molecule has 0 N–H and O–H groups in total. The van der Waals surface area contributed by atoms with Crippen molar-refractivity contribution in [1.29, 1.82) is 0 Å². The molecule has 0 radical (unpaired) electrons. The van der Waals surface area contributed by atoms with Gasteiger partial charge in [0.05, 0.1) is 7.11 Å². The largest absolute Gasteiger partial charge is 0.550 e. The topological polar surface area (TPSA) is 88.3 Å². The van der Waals surface area contributed by atoms with Crippen molar-refractivity contribution in [1.82, 2.24) is 10.1 Å². The number of aryl methyl sites for hydroxylation is 1. The Balaban J connectivity index is 2.01. The predicted molar refractivity (Wildman–Crippen MR) is 64.2 cm³/mol. The lowest BCUT2D eigenvalue weighted by molar-refractivity contribution is -0.305. The Morgan fingerprint density at radius 3 is 2.74 bits per heavy atom. The van der Waals surface area contributed by atoms with Crippen LogP contribution < -0.4 is 9.84 Å². The second-order valence-electron chi connectivity index (χ2n) is 3.97. The molecule has 0 bridgehead atoms. The molecule has 100 valence electrons. The van der Waals surface area contributed by atoms with E-state index in [-0.39, 0.29) is 6.42 Å². The predicted octanol–water partition coefficient (Wildman–Crippen LogP) is 0.818. The summed E-state index contributed by atoms with van der Waals surface area (Å²) >= 11 is 0. The molecule has 2 rings (SSSR count). The zero-order valence-electron chi connectivity index (χ0n) is 10.5. The molecule has 0 amide bonds. The van der Waals surface area contributed by atoms with E-state index in [0.29, 0.717) is 24.6 Å². The quantitative estimate of drug-likeness (QED) is 0.764. The van der Waals surface area contributed by atoms with Crippen molar-refractivity contribution in [2.75, 3.05) is 7.11 Å². The molecule has 6 nitrogen and oxygen atoms in total. The number of nitrogens with zero attached hydrogens (tertiary/aromatic N) is 2. The van der Waals surface area contributed by atoms with Crippen LogP contribution in [0.2, 0.25) is 0 Å². The van der Waals surface area contributed by atoms with Gasteiger partial charge in [0, 0.05) is 18.0 Å². The second-order valence-corrected chi connectivity index (χ2v) is 3.97. The Kier molecular flexibility index (Phi) is 4.12. The number of hydrogen-bond donors (Lipinski definition) is 0. The molecular formula is C13H13N2O4-. The second kappa shape index (κ2) is 5.99. The van der Waals surface area contributed by atoms with Gasteiger partial charge >= 0.3 is 0 Å². The first-order valence-electron chi connectivity index (χ1n) is 5.86. The Labute approximate surface area is 110 Å². The number of carboxylic acids is 1. The highest BCUT2D eigenvalue weighted by atomic mass is 16.5. The number of methoxy groups -OCH3 is 1. The van der Waals surface area contributed by atoms with Gasteiger partial charge in [0.2, 0.25) is 11.7 Å². The molecule has 0 atom stereocenters. The van der Waals surface area contributed by atoms with E-state index in [0.717, 1.165) is 11.3 Å². The fourth-order valence-electron chi connectivity index (χ4n) is 1.60. The molecule has 1 heterocycles. The zero-order valence-corrected chi connectivity index (χ0v) is 10.5. The maximum atomic E-state index is 10.3. The van der Waals surface area contributed by atoms with Gasteiger partial charge in [-0.25, -0.2) is 0 Å². The van der Waals surface area contributed by atoms with Crippen LogP contribution in [0.3, 0.4) is 0 Å². The van der Waals surface area contributed by atoms with E-state index in [1.54, 1.807) is 7.11 Å². The highest BCUT2D eigenvalue weighted by Gasteiger charge is 2.08. The van der Waals surface area contributed by atoms with Gasteiger partial charge < -0.3 is 19.2 Å². The van der Waals surface area contributed by atoms with Crippen LogP contribution in [-0.2, 0) is 11.2 Å². The number of benzene rings is 1. The van der Waals surface area contributed by atoms with Crippen LogP contribution in [0.5, 0.6) is 5.75 Å². The molecule has 1 aromatic carbocycles. The first-order chi connectivity index (χ1) is 9.19. The van der Waals surface area contributed by atoms with Crippen LogP contribution in [0.15, 0.2) is 28.8 Å². The van der Waals surface area contributed by atoms with Gasteiger partial charge in [0.1, 0.15) is 5.75 Å². The minimum Gasteiger partial charge on any atom is -0.550 e. The minimum absolute atomic E-state index is 0.0136. The van der Waals surface area contributed by atoms with Crippen LogP contribution in [0.1, 0.15) is 18.7 Å². The summed E-state index contributed by atoms with van der Waals surface area (Å²) in [5.74, 6) is 0.578. The van der Waals surface area contributed by atoms with Crippen molar-refractivity contribution in [2.45, 2.75) is 19.3 Å². The summed E-state index contributed by atoms with van der Waals surface area (Å²) in [4.78, 5) is 14.5. The lowest BCUT2D eigenvalue weighted by Gasteiger charge is -1.99. The van der Waals surface area contributed by atoms with Gasteiger partial charge in [0.15, 0.2) is 0 Å². The van der Waals surface area contributed by atoms with Crippen molar-refractivity contribution in [3.63, 3.8) is 0 Å². The van der Waals surface area contributed by atoms with Crippen LogP contribution in [0, 0.1) is 0 Å². The molecule has 0 saturated heterocycles. The normalized spacial score (nSPS) is 10.4. The molecule has 0 aliphatic carbocycles. The number of rotatable bonds is 6. The molecule has 0 fully saturated rings. The van der Waals surface area contributed by atoms with Crippen molar-refractivity contribution in [3.05, 3.63) is 30.2 Å². The third kappa shape index (κ3) is 3.54. The Morgan fingerprint density at radius 1 is 1.37 bits per heavy atom. The third-order valence-electron chi connectivity index (χ3n) is 2.59. The molecule has 0 unspecified atom stereocenters. The highest BCUT2D eigenvalue weighted by molar-refractivity contribution is 5.64. The van der Waals surface area contributed by atoms with Crippen LogP contribution in [-0.4, -0.2) is 23.2 Å². The molecule has 0 saturated carbocycles. The van der Waals surface area contributed by atoms with E-state index in [1.165, 1.54) is 0 Å². The SMILES string of the molecule is COc1ccc(-c2noc(CCCC(=O)[O-])n2)cc1. The molecule has 2 aromatic rings. The smallest absolute Gasteiger partial charge is 0.226 e. The van der Waals surface area contributed by atoms with Gasteiger partial charge in [-0.1, -0.05) is 5.16 Å². The van der Waals surface area contributed by atoms with Gasteiger partial charge in [0.25, 0.3) is 0 Å². The van der Waals surface area contributed by atoms with Crippen molar-refractivity contribution < 1.29 is 19.2 Å². The third-order valence-corrected chi connectivity index (χ3v) is 2.59. The van der Waals surface area contributed by atoms with E-state index < -0.39 is 5.97 Å². The zero-order chi connectivity index (χ0) is 13.7. The average Bonchev–Trinajstić information content (AvgIpc) is 2.87. The summed E-state index contributed by atoms with van der Waals surface area (Å²) in [7, 11) is 1.60. The summed E-state index contributed by atoms with van der Waals surface area (Å²) in [6, 6.07) is 7.27. The fraction of sp³-hybridized carbons (Fsp3) is 0.308. The first-order valence-corrected chi connectivity index (χ1v) is 5.86. The number of ether oxygens (including phenoxy) is 1. The van der Waals surface area contributed by atoms with Crippen LogP contribution in [0.25, 0.3) is 11.4 Å². The number of aliphatic carboxylic acids is 1. The summed E-state index contributed by atoms with van der Waals surface area (Å²) in [6.07, 6.45) is 0.837. The number of carbonyl (C=O) groups excluding carboxylic acids is 1. The number of aromatic nitrogens is 2. The average molecular weight is 261 g/mol. The van der Waals surface area contributed by atoms with E-state index in [4.69, 9.17) is 9.26 Å². The molecular weight excluding hydrogens is 248 g/mol. The Hall–Kier alpha value is -2.37. The molecule has 0 aliphatic heterocycles.